The smallest absolute Gasteiger partial charge is 0.325 e. The van der Waals surface area contributed by atoms with Crippen molar-refractivity contribution < 1.29 is 9.90 Å². The van der Waals surface area contributed by atoms with Gasteiger partial charge in [0.25, 0.3) is 0 Å². The molecule has 0 fully saturated rings. The van der Waals surface area contributed by atoms with E-state index in [9.17, 15) is 4.79 Å². The second-order valence-corrected chi connectivity index (χ2v) is 4.17. The summed E-state index contributed by atoms with van der Waals surface area (Å²) < 4.78 is 0. The normalized spacial score (nSPS) is 16.4. The van der Waals surface area contributed by atoms with E-state index < -0.39 is 12.0 Å². The van der Waals surface area contributed by atoms with Crippen LogP contribution in [0.2, 0.25) is 0 Å². The maximum Gasteiger partial charge on any atom is 0.325 e. The van der Waals surface area contributed by atoms with E-state index in [4.69, 9.17) is 10.8 Å². The van der Waals surface area contributed by atoms with E-state index in [0.717, 1.165) is 22.8 Å². The number of hydrogen-bond donors (Lipinski definition) is 2. The fourth-order valence-electron chi connectivity index (χ4n) is 1.38. The predicted molar refractivity (Wildman–Crippen MR) is 53.8 cm³/mol. The molecule has 0 aromatic carbocycles. The fraction of sp³-hybridized carbons (Fsp3) is 0.333. The summed E-state index contributed by atoms with van der Waals surface area (Å²) in [6, 6.07) is 0.889. The number of fused-ring (bicyclic) bond motifs is 1. The van der Waals surface area contributed by atoms with Crippen molar-refractivity contribution >= 4 is 17.7 Å². The molecule has 0 radical (unpaired) electrons. The first kappa shape index (κ1) is 9.48. The fourth-order valence-corrected chi connectivity index (χ4v) is 2.41. The van der Waals surface area contributed by atoms with Crippen LogP contribution in [0.1, 0.15) is 22.9 Å². The molecule has 14 heavy (non-hydrogen) atoms. The van der Waals surface area contributed by atoms with Gasteiger partial charge in [-0.15, -0.1) is 0 Å². The summed E-state index contributed by atoms with van der Waals surface area (Å²) in [5.74, 6) is 0.804. The van der Waals surface area contributed by atoms with Gasteiger partial charge in [0.2, 0.25) is 0 Å². The van der Waals surface area contributed by atoms with E-state index in [2.05, 4.69) is 4.98 Å². The number of aromatic nitrogens is 1. The zero-order chi connectivity index (χ0) is 10.1. The predicted octanol–water partition coefficient (Wildman–Crippen LogP) is 0.913. The molecule has 1 aromatic rings. The van der Waals surface area contributed by atoms with Gasteiger partial charge in [0, 0.05) is 17.7 Å². The van der Waals surface area contributed by atoms with E-state index in [0.29, 0.717) is 5.56 Å². The average Bonchev–Trinajstić information content (AvgIpc) is 2.62. The van der Waals surface area contributed by atoms with Crippen LogP contribution in [0.25, 0.3) is 0 Å². The minimum atomic E-state index is -1.02. The average molecular weight is 210 g/mol. The molecular weight excluding hydrogens is 200 g/mol. The Hall–Kier alpha value is -1.07. The van der Waals surface area contributed by atoms with Gasteiger partial charge in [-0.1, -0.05) is 0 Å². The maximum atomic E-state index is 10.6. The topological polar surface area (TPSA) is 76.2 Å². The first-order valence-corrected chi connectivity index (χ1v) is 5.38. The summed E-state index contributed by atoms with van der Waals surface area (Å²) in [5.41, 5.74) is 8.23. The molecule has 0 amide bonds. The highest BCUT2D eigenvalue weighted by atomic mass is 32.2. The van der Waals surface area contributed by atoms with E-state index in [1.54, 1.807) is 18.0 Å². The Morgan fingerprint density at radius 1 is 1.64 bits per heavy atom. The summed E-state index contributed by atoms with van der Waals surface area (Å²) in [5, 5.41) is 8.73. The van der Waals surface area contributed by atoms with E-state index in [1.807, 2.05) is 6.07 Å². The molecule has 1 atom stereocenters. The molecular formula is C9H10N2O2S. The van der Waals surface area contributed by atoms with Crippen molar-refractivity contribution in [2.45, 2.75) is 17.5 Å². The summed E-state index contributed by atoms with van der Waals surface area (Å²) in [6.45, 7) is 0. The first-order valence-electron chi connectivity index (χ1n) is 4.22. The largest absolute Gasteiger partial charge is 0.480 e. The lowest BCUT2D eigenvalue weighted by atomic mass is 10.1. The molecule has 0 spiro atoms. The Morgan fingerprint density at radius 3 is 3.14 bits per heavy atom. The zero-order valence-corrected chi connectivity index (χ0v) is 8.25. The summed E-state index contributed by atoms with van der Waals surface area (Å²) >= 11 is 1.78. The zero-order valence-electron chi connectivity index (χ0n) is 7.43. The minimum Gasteiger partial charge on any atom is -0.480 e. The van der Waals surface area contributed by atoms with Crippen LogP contribution in [0, 0.1) is 0 Å². The number of carboxylic acids is 1. The van der Waals surface area contributed by atoms with Crippen molar-refractivity contribution in [3.8, 4) is 0 Å². The standard InChI is InChI=1S/C9H10N2O2S/c10-8(9(12)13)5-1-6-3-14-4-7(6)11-2-5/h1-2,8H,3-4,10H2,(H,12,13). The Balaban J connectivity index is 2.33. The summed E-state index contributed by atoms with van der Waals surface area (Å²) in [4.78, 5) is 14.8. The van der Waals surface area contributed by atoms with Crippen molar-refractivity contribution in [2.75, 3.05) is 0 Å². The summed E-state index contributed by atoms with van der Waals surface area (Å²) in [6.07, 6.45) is 1.56. The Morgan fingerprint density at radius 2 is 2.43 bits per heavy atom. The van der Waals surface area contributed by atoms with Crippen LogP contribution in [-0.4, -0.2) is 16.1 Å². The van der Waals surface area contributed by atoms with Gasteiger partial charge in [0.15, 0.2) is 0 Å². The van der Waals surface area contributed by atoms with Crippen LogP contribution in [0.3, 0.4) is 0 Å². The maximum absolute atomic E-state index is 10.6. The molecule has 5 heteroatoms. The summed E-state index contributed by atoms with van der Waals surface area (Å²) in [7, 11) is 0. The van der Waals surface area contributed by atoms with Gasteiger partial charge in [-0.2, -0.15) is 11.8 Å². The molecule has 2 heterocycles. The lowest BCUT2D eigenvalue weighted by Crippen LogP contribution is -2.21. The van der Waals surface area contributed by atoms with Gasteiger partial charge in [0.1, 0.15) is 6.04 Å². The Labute approximate surface area is 85.5 Å². The highest BCUT2D eigenvalue weighted by molar-refractivity contribution is 7.98. The second kappa shape index (κ2) is 3.59. The SMILES string of the molecule is NC(C(=O)O)c1cnc2c(c1)CSC2. The van der Waals surface area contributed by atoms with E-state index in [-0.39, 0.29) is 0 Å². The third-order valence-electron chi connectivity index (χ3n) is 2.20. The highest BCUT2D eigenvalue weighted by Crippen LogP contribution is 2.29. The van der Waals surface area contributed by atoms with Gasteiger partial charge < -0.3 is 10.8 Å². The van der Waals surface area contributed by atoms with Crippen LogP contribution in [0.5, 0.6) is 0 Å². The molecule has 1 aliphatic rings. The Kier molecular flexibility index (Phi) is 2.43. The molecule has 1 aliphatic heterocycles. The molecule has 0 bridgehead atoms. The van der Waals surface area contributed by atoms with Gasteiger partial charge >= 0.3 is 5.97 Å². The van der Waals surface area contributed by atoms with Crippen molar-refractivity contribution in [3.63, 3.8) is 0 Å². The molecule has 3 N–H and O–H groups in total. The number of hydrogen-bond acceptors (Lipinski definition) is 4. The molecule has 2 rings (SSSR count). The van der Waals surface area contributed by atoms with Crippen LogP contribution in [0.15, 0.2) is 12.3 Å². The second-order valence-electron chi connectivity index (χ2n) is 3.18. The van der Waals surface area contributed by atoms with Crippen LogP contribution >= 0.6 is 11.8 Å². The molecule has 1 aromatic heterocycles. The quantitative estimate of drug-likeness (QED) is 0.758. The van der Waals surface area contributed by atoms with Gasteiger partial charge in [0.05, 0.1) is 5.69 Å². The van der Waals surface area contributed by atoms with Crippen molar-refractivity contribution in [1.29, 1.82) is 0 Å². The minimum absolute atomic E-state index is 0.582. The third kappa shape index (κ3) is 1.60. The Bertz CT molecular complexity index is 381. The molecule has 1 unspecified atom stereocenters. The van der Waals surface area contributed by atoms with Crippen molar-refractivity contribution in [3.05, 3.63) is 29.1 Å². The van der Waals surface area contributed by atoms with Crippen molar-refractivity contribution in [2.24, 2.45) is 5.73 Å². The highest BCUT2D eigenvalue weighted by Gasteiger charge is 2.18. The molecule has 4 nitrogen and oxygen atoms in total. The first-order chi connectivity index (χ1) is 6.68. The van der Waals surface area contributed by atoms with Crippen LogP contribution in [-0.2, 0) is 16.3 Å². The van der Waals surface area contributed by atoms with E-state index in [1.165, 1.54) is 0 Å². The number of carboxylic acid groups (broad SMARTS) is 1. The number of nitrogens with zero attached hydrogens (tertiary/aromatic N) is 1. The third-order valence-corrected chi connectivity index (χ3v) is 3.20. The molecule has 0 saturated heterocycles. The van der Waals surface area contributed by atoms with Crippen LogP contribution in [0.4, 0.5) is 0 Å². The number of rotatable bonds is 2. The lowest BCUT2D eigenvalue weighted by molar-refractivity contribution is -0.138. The van der Waals surface area contributed by atoms with Gasteiger partial charge in [-0.25, -0.2) is 0 Å². The molecule has 0 aliphatic carbocycles. The number of carbonyl (C=O) groups is 1. The monoisotopic (exact) mass is 210 g/mol. The van der Waals surface area contributed by atoms with Crippen LogP contribution < -0.4 is 5.73 Å². The number of pyridine rings is 1. The number of aliphatic carboxylic acids is 1. The molecule has 74 valence electrons. The molecule has 0 saturated carbocycles. The number of thioether (sulfide) groups is 1. The number of nitrogens with two attached hydrogens (primary N) is 1. The van der Waals surface area contributed by atoms with Crippen molar-refractivity contribution in [1.82, 2.24) is 4.98 Å². The van der Waals surface area contributed by atoms with E-state index >= 15 is 0 Å². The van der Waals surface area contributed by atoms with Gasteiger partial charge in [-0.3, -0.25) is 9.78 Å². The lowest BCUT2D eigenvalue weighted by Gasteiger charge is -2.07. The van der Waals surface area contributed by atoms with Gasteiger partial charge in [-0.05, 0) is 17.2 Å².